The Labute approximate surface area is 89.3 Å². The third-order valence-corrected chi connectivity index (χ3v) is 1.93. The van der Waals surface area contributed by atoms with Crippen LogP contribution >= 0.6 is 0 Å². The van der Waals surface area contributed by atoms with E-state index < -0.39 is 11.8 Å². The average molecular weight is 198 g/mol. The highest BCUT2D eigenvalue weighted by Gasteiger charge is 2.17. The summed E-state index contributed by atoms with van der Waals surface area (Å²) in [6.07, 6.45) is 4.15. The molecule has 0 aliphatic rings. The molecule has 0 heterocycles. The molecular weight excluding hydrogens is 188 g/mol. The lowest BCUT2D eigenvalue weighted by Gasteiger charge is -2.09. The van der Waals surface area contributed by atoms with Crippen LogP contribution in [0.2, 0.25) is 0 Å². The smallest absolute Gasteiger partial charge is 0.0909 e. The molecule has 0 spiro atoms. The average Bonchev–Trinajstić information content (AvgIpc) is 2.27. The van der Waals surface area contributed by atoms with Crippen LogP contribution in [0.25, 0.3) is 0 Å². The molecule has 0 fully saturated rings. The first kappa shape index (κ1) is 12.7. The number of nitriles is 4. The summed E-state index contributed by atoms with van der Waals surface area (Å²) in [4.78, 5) is 0. The molecule has 4 nitrogen and oxygen atoms in total. The summed E-state index contributed by atoms with van der Waals surface area (Å²) in [6, 6.07) is 7.77. The van der Waals surface area contributed by atoms with Crippen LogP contribution in [0.4, 0.5) is 0 Å². The molecule has 74 valence electrons. The monoisotopic (exact) mass is 198 g/mol. The van der Waals surface area contributed by atoms with Gasteiger partial charge in [-0.25, -0.2) is 0 Å². The summed E-state index contributed by atoms with van der Waals surface area (Å²) >= 11 is 0. The van der Waals surface area contributed by atoms with Crippen molar-refractivity contribution in [3.8, 4) is 24.3 Å². The van der Waals surface area contributed by atoms with Crippen molar-refractivity contribution < 1.29 is 0 Å². The van der Waals surface area contributed by atoms with Crippen molar-refractivity contribution >= 4 is 0 Å². The largest absolute Gasteiger partial charge is 0.198 e. The van der Waals surface area contributed by atoms with E-state index in [1.54, 1.807) is 6.07 Å². The molecule has 0 N–H and O–H groups in total. The van der Waals surface area contributed by atoms with E-state index in [-0.39, 0.29) is 0 Å². The lowest BCUT2D eigenvalue weighted by Crippen LogP contribution is -2.08. The first-order valence-corrected chi connectivity index (χ1v) is 4.52. The van der Waals surface area contributed by atoms with E-state index in [2.05, 4.69) is 0 Å². The van der Waals surface area contributed by atoms with E-state index in [9.17, 15) is 0 Å². The highest BCUT2D eigenvalue weighted by molar-refractivity contribution is 5.13. The third-order valence-electron chi connectivity index (χ3n) is 1.93. The molecule has 0 amide bonds. The fourth-order valence-electron chi connectivity index (χ4n) is 1.14. The Morgan fingerprint density at radius 2 is 1.80 bits per heavy atom. The zero-order valence-electron chi connectivity index (χ0n) is 8.22. The Bertz CT molecular complexity index is 369. The fourth-order valence-corrected chi connectivity index (χ4v) is 1.14. The number of nitrogens with zero attached hydrogens (tertiary/aromatic N) is 4. The Kier molecular flexibility index (Phi) is 7.03. The molecule has 0 rings (SSSR count). The number of allylic oxidation sites excluding steroid dienone is 2. The van der Waals surface area contributed by atoms with Gasteiger partial charge in [-0.3, -0.25) is 0 Å². The molecule has 4 heteroatoms. The van der Waals surface area contributed by atoms with Gasteiger partial charge in [0.1, 0.15) is 0 Å². The maximum Gasteiger partial charge on any atom is 0.0909 e. The normalized spacial score (nSPS) is 13.1. The van der Waals surface area contributed by atoms with E-state index in [4.69, 9.17) is 21.0 Å². The van der Waals surface area contributed by atoms with Crippen LogP contribution in [0.15, 0.2) is 12.2 Å². The summed E-state index contributed by atoms with van der Waals surface area (Å²) in [6.45, 7) is 0. The first-order chi connectivity index (χ1) is 7.29. The number of rotatable bonds is 5. The van der Waals surface area contributed by atoms with Crippen LogP contribution in [0, 0.1) is 57.2 Å². The fraction of sp³-hybridized carbons (Fsp3) is 0.455. The Balaban J connectivity index is 4.34. The van der Waals surface area contributed by atoms with Crippen molar-refractivity contribution in [1.82, 2.24) is 0 Å². The highest BCUT2D eigenvalue weighted by atomic mass is 14.3. The molecule has 2 unspecified atom stereocenters. The number of unbranched alkanes of at least 4 members (excludes halogenated alkanes) is 1. The number of hydrogen-bond acceptors (Lipinski definition) is 4. The second-order valence-corrected chi connectivity index (χ2v) is 2.93. The molecule has 0 bridgehead atoms. The maximum absolute atomic E-state index is 8.83. The van der Waals surface area contributed by atoms with Crippen LogP contribution < -0.4 is 0 Å². The second kappa shape index (κ2) is 8.31. The molecule has 0 saturated carbocycles. The lowest BCUT2D eigenvalue weighted by atomic mass is 9.90. The molecule has 0 aliphatic heterocycles. The molecule has 0 aliphatic carbocycles. The summed E-state index contributed by atoms with van der Waals surface area (Å²) < 4.78 is 0. The van der Waals surface area contributed by atoms with Crippen molar-refractivity contribution in [3.05, 3.63) is 12.2 Å². The minimum atomic E-state index is -0.562. The Hall–Kier alpha value is -2.30. The molecule has 0 aromatic rings. The van der Waals surface area contributed by atoms with Crippen LogP contribution in [0.5, 0.6) is 0 Å². The Morgan fingerprint density at radius 3 is 2.27 bits per heavy atom. The van der Waals surface area contributed by atoms with Crippen molar-refractivity contribution in [3.63, 3.8) is 0 Å². The Morgan fingerprint density at radius 1 is 1.07 bits per heavy atom. The van der Waals surface area contributed by atoms with Crippen molar-refractivity contribution in [2.75, 3.05) is 0 Å². The minimum absolute atomic E-state index is 0.387. The van der Waals surface area contributed by atoms with Crippen molar-refractivity contribution in [1.29, 1.82) is 21.0 Å². The topological polar surface area (TPSA) is 95.2 Å². The first-order valence-electron chi connectivity index (χ1n) is 4.52. The van der Waals surface area contributed by atoms with Crippen LogP contribution in [-0.4, -0.2) is 0 Å². The molecule has 0 aromatic heterocycles. The molecule has 0 radical (unpaired) electrons. The van der Waals surface area contributed by atoms with Gasteiger partial charge < -0.3 is 0 Å². The standard InChI is InChI=1S/C11H10N4/c12-6-2-1-4-10(8-14)11(9-15)5-3-7-13/h3,5,10-11H,1-2,4H2. The lowest BCUT2D eigenvalue weighted by molar-refractivity contribution is 0.516. The summed E-state index contributed by atoms with van der Waals surface area (Å²) in [7, 11) is 0. The van der Waals surface area contributed by atoms with Gasteiger partial charge in [0.05, 0.1) is 36.1 Å². The highest BCUT2D eigenvalue weighted by Crippen LogP contribution is 2.18. The second-order valence-electron chi connectivity index (χ2n) is 2.93. The SMILES string of the molecule is N#CC=CC(C#N)C(C#N)CCCC#N. The summed E-state index contributed by atoms with van der Waals surface area (Å²) in [5, 5.41) is 34.3. The van der Waals surface area contributed by atoms with E-state index in [1.807, 2.05) is 18.2 Å². The third kappa shape index (κ3) is 5.09. The van der Waals surface area contributed by atoms with Gasteiger partial charge in [-0.05, 0) is 12.8 Å². The molecule has 2 atom stereocenters. The van der Waals surface area contributed by atoms with E-state index in [0.29, 0.717) is 19.3 Å². The van der Waals surface area contributed by atoms with E-state index >= 15 is 0 Å². The minimum Gasteiger partial charge on any atom is -0.198 e. The van der Waals surface area contributed by atoms with Crippen LogP contribution in [0.1, 0.15) is 19.3 Å². The van der Waals surface area contributed by atoms with Crippen LogP contribution in [0.3, 0.4) is 0 Å². The predicted molar refractivity (Wildman–Crippen MR) is 52.4 cm³/mol. The quantitative estimate of drug-likeness (QED) is 0.498. The predicted octanol–water partition coefficient (Wildman–Crippen LogP) is 2.04. The van der Waals surface area contributed by atoms with Gasteiger partial charge in [0.15, 0.2) is 0 Å². The van der Waals surface area contributed by atoms with Gasteiger partial charge >= 0.3 is 0 Å². The van der Waals surface area contributed by atoms with Gasteiger partial charge in [0.25, 0.3) is 0 Å². The zero-order valence-corrected chi connectivity index (χ0v) is 8.22. The molecule has 0 saturated heterocycles. The van der Waals surface area contributed by atoms with E-state index in [0.717, 1.165) is 0 Å². The van der Waals surface area contributed by atoms with Gasteiger partial charge in [0, 0.05) is 12.5 Å². The molecular formula is C11H10N4. The van der Waals surface area contributed by atoms with Gasteiger partial charge in [0.2, 0.25) is 0 Å². The summed E-state index contributed by atoms with van der Waals surface area (Å²) in [5.74, 6) is -0.999. The van der Waals surface area contributed by atoms with Crippen LogP contribution in [-0.2, 0) is 0 Å². The number of hydrogen-bond donors (Lipinski definition) is 0. The van der Waals surface area contributed by atoms with Gasteiger partial charge in [-0.15, -0.1) is 0 Å². The zero-order chi connectivity index (χ0) is 11.5. The van der Waals surface area contributed by atoms with Gasteiger partial charge in [-0.2, -0.15) is 21.0 Å². The molecule has 15 heavy (non-hydrogen) atoms. The van der Waals surface area contributed by atoms with Crippen molar-refractivity contribution in [2.45, 2.75) is 19.3 Å². The summed E-state index contributed by atoms with van der Waals surface area (Å²) in [5.41, 5.74) is 0. The van der Waals surface area contributed by atoms with Gasteiger partial charge in [-0.1, -0.05) is 6.08 Å². The van der Waals surface area contributed by atoms with Crippen molar-refractivity contribution in [2.24, 2.45) is 11.8 Å². The maximum atomic E-state index is 8.83. The van der Waals surface area contributed by atoms with E-state index in [1.165, 1.54) is 12.2 Å². The molecule has 0 aromatic carbocycles.